The maximum absolute atomic E-state index is 12.7. The number of hydrogen-bond donors (Lipinski definition) is 0. The van der Waals surface area contributed by atoms with Crippen LogP contribution in [0.4, 0.5) is 5.69 Å². The Balaban J connectivity index is 1.52. The standard InChI is InChI=1S/C22H19N3O3/c1-13-3-4-15(7-18(13)10-22(27)19-12-24-28-14(19)2)8-21(26)16-5-6-17-11-23-25-20(17)9-16/h3-7,9,12H,8,10-11H2,1-2H3. The molecule has 1 aromatic heterocycles. The van der Waals surface area contributed by atoms with Crippen molar-refractivity contribution in [1.29, 1.82) is 0 Å². The molecule has 0 amide bonds. The van der Waals surface area contributed by atoms with Gasteiger partial charge in [-0.1, -0.05) is 35.5 Å². The first kappa shape index (κ1) is 18.0. The summed E-state index contributed by atoms with van der Waals surface area (Å²) in [5, 5.41) is 11.7. The van der Waals surface area contributed by atoms with E-state index in [4.69, 9.17) is 4.52 Å². The molecule has 0 N–H and O–H groups in total. The molecule has 6 nitrogen and oxygen atoms in total. The summed E-state index contributed by atoms with van der Waals surface area (Å²) in [5.74, 6) is 0.484. The lowest BCUT2D eigenvalue weighted by molar-refractivity contribution is 0.0985. The Kier molecular flexibility index (Phi) is 4.69. The molecule has 0 aliphatic carbocycles. The molecule has 0 fully saturated rings. The van der Waals surface area contributed by atoms with Gasteiger partial charge in [-0.05, 0) is 36.6 Å². The highest BCUT2D eigenvalue weighted by Crippen LogP contribution is 2.28. The van der Waals surface area contributed by atoms with Crippen molar-refractivity contribution in [3.8, 4) is 0 Å². The third-order valence-electron chi connectivity index (χ3n) is 5.01. The van der Waals surface area contributed by atoms with Crippen LogP contribution in [-0.2, 0) is 19.4 Å². The number of rotatable bonds is 6. The first-order valence-electron chi connectivity index (χ1n) is 9.08. The predicted molar refractivity (Wildman–Crippen MR) is 103 cm³/mol. The van der Waals surface area contributed by atoms with Gasteiger partial charge in [-0.25, -0.2) is 0 Å². The number of carbonyl (C=O) groups is 2. The summed E-state index contributed by atoms with van der Waals surface area (Å²) in [7, 11) is 0. The molecule has 0 radical (unpaired) electrons. The second-order valence-corrected chi connectivity index (χ2v) is 7.00. The molecule has 0 atom stereocenters. The van der Waals surface area contributed by atoms with Crippen LogP contribution in [0.2, 0.25) is 0 Å². The molecule has 140 valence electrons. The lowest BCUT2D eigenvalue weighted by Gasteiger charge is -2.09. The van der Waals surface area contributed by atoms with E-state index >= 15 is 0 Å². The fraction of sp³-hybridized carbons (Fsp3) is 0.227. The Morgan fingerprint density at radius 3 is 2.68 bits per heavy atom. The minimum absolute atomic E-state index is 0.0147. The predicted octanol–water partition coefficient (Wildman–Crippen LogP) is 4.74. The highest BCUT2D eigenvalue weighted by atomic mass is 16.5. The van der Waals surface area contributed by atoms with Gasteiger partial charge < -0.3 is 4.52 Å². The van der Waals surface area contributed by atoms with Gasteiger partial charge in [0.2, 0.25) is 0 Å². The summed E-state index contributed by atoms with van der Waals surface area (Å²) in [6.07, 6.45) is 1.96. The van der Waals surface area contributed by atoms with Crippen molar-refractivity contribution >= 4 is 17.3 Å². The van der Waals surface area contributed by atoms with Gasteiger partial charge in [0.25, 0.3) is 0 Å². The number of fused-ring (bicyclic) bond motifs is 1. The molecule has 2 heterocycles. The number of hydrogen-bond acceptors (Lipinski definition) is 6. The fourth-order valence-corrected chi connectivity index (χ4v) is 3.30. The van der Waals surface area contributed by atoms with E-state index in [-0.39, 0.29) is 24.4 Å². The second kappa shape index (κ2) is 7.31. The van der Waals surface area contributed by atoms with Crippen molar-refractivity contribution in [2.75, 3.05) is 0 Å². The summed E-state index contributed by atoms with van der Waals surface area (Å²) in [6, 6.07) is 11.3. The first-order valence-corrected chi connectivity index (χ1v) is 9.08. The maximum Gasteiger partial charge on any atom is 0.172 e. The van der Waals surface area contributed by atoms with Crippen LogP contribution >= 0.6 is 0 Å². The molecule has 3 aromatic rings. The Morgan fingerprint density at radius 1 is 1.04 bits per heavy atom. The van der Waals surface area contributed by atoms with E-state index in [9.17, 15) is 9.59 Å². The van der Waals surface area contributed by atoms with Crippen molar-refractivity contribution in [3.63, 3.8) is 0 Å². The van der Waals surface area contributed by atoms with E-state index in [2.05, 4.69) is 15.4 Å². The van der Waals surface area contributed by atoms with E-state index < -0.39 is 0 Å². The quantitative estimate of drug-likeness (QED) is 0.584. The van der Waals surface area contributed by atoms with Gasteiger partial charge in [0.05, 0.1) is 24.0 Å². The van der Waals surface area contributed by atoms with Gasteiger partial charge in [0.1, 0.15) is 5.76 Å². The summed E-state index contributed by atoms with van der Waals surface area (Å²) in [5.41, 5.74) is 5.71. The molecule has 2 aromatic carbocycles. The maximum atomic E-state index is 12.7. The Labute approximate surface area is 162 Å². The smallest absolute Gasteiger partial charge is 0.172 e. The van der Waals surface area contributed by atoms with Crippen LogP contribution < -0.4 is 0 Å². The molecular formula is C22H19N3O3. The van der Waals surface area contributed by atoms with Gasteiger partial charge in [0.15, 0.2) is 11.6 Å². The average Bonchev–Trinajstić information content (AvgIpc) is 3.32. The number of aromatic nitrogens is 1. The number of ketones is 2. The van der Waals surface area contributed by atoms with Crippen LogP contribution in [0.3, 0.4) is 0 Å². The van der Waals surface area contributed by atoms with Gasteiger partial charge in [-0.2, -0.15) is 10.2 Å². The summed E-state index contributed by atoms with van der Waals surface area (Å²) >= 11 is 0. The van der Waals surface area contributed by atoms with Crippen molar-refractivity contribution in [2.45, 2.75) is 33.2 Å². The lowest BCUT2D eigenvalue weighted by atomic mass is 9.95. The van der Waals surface area contributed by atoms with Crippen molar-refractivity contribution in [3.05, 3.63) is 81.7 Å². The van der Waals surface area contributed by atoms with Gasteiger partial charge in [-0.15, -0.1) is 0 Å². The molecule has 0 bridgehead atoms. The van der Waals surface area contributed by atoms with E-state index in [1.54, 1.807) is 13.0 Å². The largest absolute Gasteiger partial charge is 0.361 e. The van der Waals surface area contributed by atoms with E-state index in [1.165, 1.54) is 6.20 Å². The molecule has 4 rings (SSSR count). The molecule has 1 aliphatic heterocycles. The van der Waals surface area contributed by atoms with Crippen LogP contribution in [0.1, 0.15) is 48.7 Å². The molecule has 0 spiro atoms. The molecule has 0 saturated carbocycles. The number of aryl methyl sites for hydroxylation is 2. The number of azo groups is 1. The number of Topliss-reactive ketones (excluding diaryl/α,β-unsaturated/α-hetero) is 2. The highest BCUT2D eigenvalue weighted by molar-refractivity contribution is 5.99. The molecular weight excluding hydrogens is 354 g/mol. The minimum atomic E-state index is -0.0469. The van der Waals surface area contributed by atoms with Crippen LogP contribution in [0.25, 0.3) is 0 Å². The zero-order valence-electron chi connectivity index (χ0n) is 15.7. The average molecular weight is 373 g/mol. The number of carbonyl (C=O) groups excluding carboxylic acids is 2. The van der Waals surface area contributed by atoms with Gasteiger partial charge in [-0.3, -0.25) is 9.59 Å². The fourth-order valence-electron chi connectivity index (χ4n) is 3.30. The summed E-state index contributed by atoms with van der Waals surface area (Å²) in [4.78, 5) is 25.2. The van der Waals surface area contributed by atoms with Crippen LogP contribution in [0.5, 0.6) is 0 Å². The van der Waals surface area contributed by atoms with Crippen molar-refractivity contribution in [1.82, 2.24) is 5.16 Å². The third-order valence-corrected chi connectivity index (χ3v) is 5.01. The van der Waals surface area contributed by atoms with Crippen molar-refractivity contribution in [2.24, 2.45) is 10.2 Å². The highest BCUT2D eigenvalue weighted by Gasteiger charge is 2.16. The SMILES string of the molecule is Cc1ccc(CC(=O)c2ccc3c(c2)N=NC3)cc1CC(=O)c1cnoc1C. The van der Waals surface area contributed by atoms with E-state index in [0.29, 0.717) is 23.4 Å². The Bertz CT molecular complexity index is 1110. The van der Waals surface area contributed by atoms with Gasteiger partial charge >= 0.3 is 0 Å². The van der Waals surface area contributed by atoms with Crippen LogP contribution in [0, 0.1) is 13.8 Å². The summed E-state index contributed by atoms with van der Waals surface area (Å²) < 4.78 is 4.98. The Morgan fingerprint density at radius 2 is 1.89 bits per heavy atom. The zero-order valence-corrected chi connectivity index (χ0v) is 15.7. The second-order valence-electron chi connectivity index (χ2n) is 7.00. The molecule has 6 heteroatoms. The topological polar surface area (TPSA) is 84.9 Å². The normalized spacial score (nSPS) is 12.2. The van der Waals surface area contributed by atoms with Crippen LogP contribution in [-0.4, -0.2) is 16.7 Å². The minimum Gasteiger partial charge on any atom is -0.361 e. The molecule has 0 saturated heterocycles. The van der Waals surface area contributed by atoms with E-state index in [1.807, 2.05) is 37.3 Å². The van der Waals surface area contributed by atoms with Gasteiger partial charge in [0, 0.05) is 24.0 Å². The lowest BCUT2D eigenvalue weighted by Crippen LogP contribution is -2.08. The third kappa shape index (κ3) is 3.53. The molecule has 28 heavy (non-hydrogen) atoms. The number of benzene rings is 2. The molecule has 1 aliphatic rings. The zero-order chi connectivity index (χ0) is 19.7. The first-order chi connectivity index (χ1) is 13.5. The summed E-state index contributed by atoms with van der Waals surface area (Å²) in [6.45, 7) is 4.25. The number of nitrogens with zero attached hydrogens (tertiary/aromatic N) is 3. The van der Waals surface area contributed by atoms with Crippen molar-refractivity contribution < 1.29 is 14.1 Å². The Hall–Kier alpha value is -3.41. The van der Waals surface area contributed by atoms with E-state index in [0.717, 1.165) is 27.9 Å². The molecule has 0 unspecified atom stereocenters. The van der Waals surface area contributed by atoms with Crippen LogP contribution in [0.15, 0.2) is 57.3 Å². The monoisotopic (exact) mass is 373 g/mol.